The van der Waals surface area contributed by atoms with Crippen molar-refractivity contribution in [2.24, 2.45) is 0 Å². The Morgan fingerprint density at radius 3 is 1.96 bits per heavy atom. The van der Waals surface area contributed by atoms with Crippen LogP contribution in [-0.4, -0.2) is 24.0 Å². The van der Waals surface area contributed by atoms with Crippen LogP contribution in [0.15, 0.2) is 30.3 Å². The molecule has 2 rings (SSSR count). The van der Waals surface area contributed by atoms with Crippen molar-refractivity contribution in [3.8, 4) is 0 Å². The molecule has 0 aliphatic rings. The van der Waals surface area contributed by atoms with Gasteiger partial charge in [0.2, 0.25) is 0 Å². The SMILES string of the molecule is CC(C)(C)OC(=O)CN(C(=O)c1c(Cl)cc(Cl)cc1Cl)c1ccc(Cl)c(Cl)c1. The van der Waals surface area contributed by atoms with E-state index in [-0.39, 0.29) is 32.2 Å². The van der Waals surface area contributed by atoms with Crippen molar-refractivity contribution in [2.75, 3.05) is 11.4 Å². The van der Waals surface area contributed by atoms with Gasteiger partial charge in [0, 0.05) is 10.7 Å². The minimum absolute atomic E-state index is 0.00219. The zero-order valence-corrected chi connectivity index (χ0v) is 18.9. The lowest BCUT2D eigenvalue weighted by molar-refractivity contribution is -0.152. The summed E-state index contributed by atoms with van der Waals surface area (Å²) in [6, 6.07) is 7.31. The number of rotatable bonds is 4. The molecule has 9 heteroatoms. The smallest absolute Gasteiger partial charge is 0.326 e. The predicted octanol–water partition coefficient (Wildman–Crippen LogP) is 6.94. The maximum Gasteiger partial charge on any atom is 0.326 e. The number of carbonyl (C=O) groups is 2. The van der Waals surface area contributed by atoms with Crippen LogP contribution in [0.25, 0.3) is 0 Å². The number of hydrogen-bond acceptors (Lipinski definition) is 3. The van der Waals surface area contributed by atoms with Gasteiger partial charge < -0.3 is 4.74 Å². The zero-order valence-electron chi connectivity index (χ0n) is 15.2. The Balaban J connectivity index is 2.50. The molecular weight excluding hydrogens is 467 g/mol. The van der Waals surface area contributed by atoms with Crippen LogP contribution in [0, 0.1) is 0 Å². The molecule has 0 aliphatic carbocycles. The summed E-state index contributed by atoms with van der Waals surface area (Å²) in [5.41, 5.74) is -0.395. The molecule has 0 atom stereocenters. The average Bonchev–Trinajstić information content (AvgIpc) is 2.52. The third kappa shape index (κ3) is 5.91. The van der Waals surface area contributed by atoms with Gasteiger partial charge in [-0.25, -0.2) is 0 Å². The molecule has 0 saturated carbocycles. The molecule has 0 bridgehead atoms. The predicted molar refractivity (Wildman–Crippen MR) is 115 cm³/mol. The molecule has 150 valence electrons. The van der Waals surface area contributed by atoms with Gasteiger partial charge in [-0.1, -0.05) is 58.0 Å². The van der Waals surface area contributed by atoms with Crippen molar-refractivity contribution in [1.82, 2.24) is 0 Å². The minimum atomic E-state index is -0.723. The molecule has 0 heterocycles. The normalized spacial score (nSPS) is 11.3. The number of anilines is 1. The van der Waals surface area contributed by atoms with E-state index >= 15 is 0 Å². The minimum Gasteiger partial charge on any atom is -0.459 e. The second-order valence-corrected chi connectivity index (χ2v) is 8.89. The largest absolute Gasteiger partial charge is 0.459 e. The van der Waals surface area contributed by atoms with Crippen molar-refractivity contribution >= 4 is 75.6 Å². The average molecular weight is 484 g/mol. The lowest BCUT2D eigenvalue weighted by Gasteiger charge is -2.26. The van der Waals surface area contributed by atoms with E-state index in [2.05, 4.69) is 0 Å². The molecule has 2 aromatic rings. The monoisotopic (exact) mass is 481 g/mol. The van der Waals surface area contributed by atoms with Crippen LogP contribution in [0.2, 0.25) is 25.1 Å². The lowest BCUT2D eigenvalue weighted by Crippen LogP contribution is -2.39. The van der Waals surface area contributed by atoms with Crippen LogP contribution >= 0.6 is 58.0 Å². The fraction of sp³-hybridized carbons (Fsp3) is 0.263. The van der Waals surface area contributed by atoms with Gasteiger partial charge in [0.15, 0.2) is 0 Å². The third-order valence-corrected chi connectivity index (χ3v) is 4.94. The van der Waals surface area contributed by atoms with Gasteiger partial charge in [0.1, 0.15) is 12.1 Å². The third-order valence-electron chi connectivity index (χ3n) is 3.39. The summed E-state index contributed by atoms with van der Waals surface area (Å²) >= 11 is 30.3. The Kier molecular flexibility index (Phi) is 7.51. The second kappa shape index (κ2) is 9.10. The van der Waals surface area contributed by atoms with Gasteiger partial charge in [-0.05, 0) is 51.1 Å². The van der Waals surface area contributed by atoms with E-state index in [1.165, 1.54) is 24.3 Å². The Morgan fingerprint density at radius 1 is 0.893 bits per heavy atom. The highest BCUT2D eigenvalue weighted by Crippen LogP contribution is 2.33. The number of ether oxygens (including phenoxy) is 1. The van der Waals surface area contributed by atoms with Crippen LogP contribution in [0.1, 0.15) is 31.1 Å². The first-order valence-corrected chi connectivity index (χ1v) is 9.91. The number of carbonyl (C=O) groups excluding carboxylic acids is 2. The van der Waals surface area contributed by atoms with Crippen molar-refractivity contribution in [2.45, 2.75) is 26.4 Å². The van der Waals surface area contributed by atoms with Crippen molar-refractivity contribution in [3.05, 3.63) is 61.0 Å². The Labute approximate surface area is 188 Å². The van der Waals surface area contributed by atoms with Gasteiger partial charge in [-0.2, -0.15) is 0 Å². The van der Waals surface area contributed by atoms with Gasteiger partial charge in [-0.15, -0.1) is 0 Å². The Bertz CT molecular complexity index is 901. The molecule has 0 saturated heterocycles. The lowest BCUT2D eigenvalue weighted by atomic mass is 10.1. The summed E-state index contributed by atoms with van der Waals surface area (Å²) < 4.78 is 5.33. The first-order valence-electron chi connectivity index (χ1n) is 8.02. The number of hydrogen-bond donors (Lipinski definition) is 0. The summed E-state index contributed by atoms with van der Waals surface area (Å²) in [7, 11) is 0. The van der Waals surface area contributed by atoms with Crippen molar-refractivity contribution < 1.29 is 14.3 Å². The molecule has 0 spiro atoms. The molecule has 4 nitrogen and oxygen atoms in total. The van der Waals surface area contributed by atoms with E-state index in [9.17, 15) is 9.59 Å². The number of nitrogens with zero attached hydrogens (tertiary/aromatic N) is 1. The van der Waals surface area contributed by atoms with Gasteiger partial charge in [0.05, 0.1) is 25.7 Å². The molecule has 0 N–H and O–H groups in total. The van der Waals surface area contributed by atoms with E-state index in [4.69, 9.17) is 62.7 Å². The van der Waals surface area contributed by atoms with E-state index in [1.54, 1.807) is 26.8 Å². The summed E-state index contributed by atoms with van der Waals surface area (Å²) in [5.74, 6) is -1.23. The Morgan fingerprint density at radius 2 is 1.46 bits per heavy atom. The first kappa shape index (κ1) is 23.1. The van der Waals surface area contributed by atoms with Crippen LogP contribution < -0.4 is 4.90 Å². The fourth-order valence-electron chi connectivity index (χ4n) is 2.32. The summed E-state index contributed by atoms with van der Waals surface area (Å²) in [4.78, 5) is 26.8. The quantitative estimate of drug-likeness (QED) is 0.443. The maximum atomic E-state index is 13.2. The van der Waals surface area contributed by atoms with E-state index in [0.717, 1.165) is 4.90 Å². The highest BCUT2D eigenvalue weighted by atomic mass is 35.5. The summed E-state index contributed by atoms with van der Waals surface area (Å²) in [6.07, 6.45) is 0. The van der Waals surface area contributed by atoms with Gasteiger partial charge in [-0.3, -0.25) is 14.5 Å². The zero-order chi connectivity index (χ0) is 21.2. The van der Waals surface area contributed by atoms with Crippen molar-refractivity contribution in [3.63, 3.8) is 0 Å². The molecule has 0 unspecified atom stereocenters. The summed E-state index contributed by atoms with van der Waals surface area (Å²) in [6.45, 7) is 4.79. The highest BCUT2D eigenvalue weighted by Gasteiger charge is 2.28. The number of benzene rings is 2. The van der Waals surface area contributed by atoms with Gasteiger partial charge in [0.25, 0.3) is 5.91 Å². The fourth-order valence-corrected chi connectivity index (χ4v) is 3.59. The van der Waals surface area contributed by atoms with Crippen LogP contribution in [-0.2, 0) is 9.53 Å². The number of esters is 1. The first-order chi connectivity index (χ1) is 12.9. The Hall–Kier alpha value is -1.17. The topological polar surface area (TPSA) is 46.6 Å². The standard InChI is InChI=1S/C19H16Cl5NO3/c1-19(2,3)28-16(26)9-25(11-4-5-12(21)13(22)8-11)18(27)17-14(23)6-10(20)7-15(17)24/h4-8H,9H2,1-3H3. The van der Waals surface area contributed by atoms with E-state index in [0.29, 0.717) is 10.7 Å². The molecule has 0 aliphatic heterocycles. The highest BCUT2D eigenvalue weighted by molar-refractivity contribution is 6.43. The van der Waals surface area contributed by atoms with Crippen LogP contribution in [0.3, 0.4) is 0 Å². The summed E-state index contributed by atoms with van der Waals surface area (Å²) in [5, 5.41) is 0.903. The van der Waals surface area contributed by atoms with Crippen molar-refractivity contribution in [1.29, 1.82) is 0 Å². The van der Waals surface area contributed by atoms with E-state index in [1.807, 2.05) is 0 Å². The van der Waals surface area contributed by atoms with E-state index < -0.39 is 17.5 Å². The molecule has 0 aromatic heterocycles. The maximum absolute atomic E-state index is 13.2. The molecule has 2 aromatic carbocycles. The van der Waals surface area contributed by atoms with Gasteiger partial charge >= 0.3 is 5.97 Å². The number of halogens is 5. The number of amides is 1. The molecule has 28 heavy (non-hydrogen) atoms. The molecule has 0 radical (unpaired) electrons. The molecule has 0 fully saturated rings. The van der Waals surface area contributed by atoms with Crippen LogP contribution in [0.5, 0.6) is 0 Å². The van der Waals surface area contributed by atoms with Crippen LogP contribution in [0.4, 0.5) is 5.69 Å². The second-order valence-electron chi connectivity index (χ2n) is 6.82. The molecular formula is C19H16Cl5NO3. The molecule has 1 amide bonds.